The second kappa shape index (κ2) is 3.10. The lowest BCUT2D eigenvalue weighted by molar-refractivity contribution is -0.0526. The third-order valence-corrected chi connectivity index (χ3v) is 2.84. The average molecular weight is 184 g/mol. The van der Waals surface area contributed by atoms with Crippen molar-refractivity contribution in [3.8, 4) is 0 Å². The van der Waals surface area contributed by atoms with E-state index in [1.165, 1.54) is 22.8 Å². The Labute approximate surface area is 83.3 Å². The summed E-state index contributed by atoms with van der Waals surface area (Å²) in [6, 6.07) is 15.0. The van der Waals surface area contributed by atoms with Crippen LogP contribution < -0.4 is 0 Å². The maximum absolute atomic E-state index is 5.47. The Hall–Kier alpha value is -1.34. The van der Waals surface area contributed by atoms with Crippen LogP contribution in [0.1, 0.15) is 18.1 Å². The summed E-state index contributed by atoms with van der Waals surface area (Å²) in [5.74, 6) is 0. The van der Waals surface area contributed by atoms with Gasteiger partial charge in [0, 0.05) is 6.42 Å². The lowest BCUT2D eigenvalue weighted by Gasteiger charge is -2.26. The van der Waals surface area contributed by atoms with Gasteiger partial charge in [-0.3, -0.25) is 0 Å². The number of hydrogen-bond donors (Lipinski definition) is 0. The van der Waals surface area contributed by atoms with Gasteiger partial charge in [0.2, 0.25) is 0 Å². The van der Waals surface area contributed by atoms with E-state index in [2.05, 4.69) is 42.5 Å². The van der Waals surface area contributed by atoms with Crippen molar-refractivity contribution in [2.45, 2.75) is 12.5 Å². The first-order valence-electron chi connectivity index (χ1n) is 5.04. The molecule has 70 valence electrons. The molecule has 0 bridgehead atoms. The van der Waals surface area contributed by atoms with E-state index in [1.54, 1.807) is 0 Å². The van der Waals surface area contributed by atoms with E-state index >= 15 is 0 Å². The maximum atomic E-state index is 5.47. The molecule has 3 rings (SSSR count). The first-order chi connectivity index (χ1) is 6.93. The third kappa shape index (κ3) is 1.21. The fraction of sp³-hybridized carbons (Fsp3) is 0.231. The standard InChI is InChI=1S/C13H12O/c1-2-4-11-9-12(13-7-8-14-13)6-5-10(11)3-1/h1-6,9,13H,7-8H2. The largest absolute Gasteiger partial charge is 0.373 e. The molecule has 0 radical (unpaired) electrons. The molecule has 0 spiro atoms. The molecule has 1 nitrogen and oxygen atoms in total. The fourth-order valence-corrected chi connectivity index (χ4v) is 1.91. The lowest BCUT2D eigenvalue weighted by Crippen LogP contribution is -2.17. The molecule has 0 aliphatic carbocycles. The van der Waals surface area contributed by atoms with E-state index in [-0.39, 0.29) is 0 Å². The minimum absolute atomic E-state index is 0.347. The highest BCUT2D eigenvalue weighted by atomic mass is 16.5. The van der Waals surface area contributed by atoms with Crippen LogP contribution in [0.15, 0.2) is 42.5 Å². The van der Waals surface area contributed by atoms with Crippen LogP contribution in [-0.2, 0) is 4.74 Å². The van der Waals surface area contributed by atoms with E-state index in [4.69, 9.17) is 4.74 Å². The highest BCUT2D eigenvalue weighted by molar-refractivity contribution is 5.83. The topological polar surface area (TPSA) is 9.23 Å². The van der Waals surface area contributed by atoms with E-state index < -0.39 is 0 Å². The van der Waals surface area contributed by atoms with Gasteiger partial charge >= 0.3 is 0 Å². The molecule has 1 heteroatoms. The van der Waals surface area contributed by atoms with Gasteiger partial charge in [-0.1, -0.05) is 36.4 Å². The van der Waals surface area contributed by atoms with Crippen LogP contribution in [-0.4, -0.2) is 6.61 Å². The highest BCUT2D eigenvalue weighted by Crippen LogP contribution is 2.30. The van der Waals surface area contributed by atoms with E-state index in [1.807, 2.05) is 0 Å². The molecule has 1 aliphatic heterocycles. The molecule has 0 aromatic heterocycles. The lowest BCUT2D eigenvalue weighted by atomic mass is 10.00. The van der Waals surface area contributed by atoms with Crippen LogP contribution in [0.2, 0.25) is 0 Å². The molecular weight excluding hydrogens is 172 g/mol. The second-order valence-corrected chi connectivity index (χ2v) is 3.75. The van der Waals surface area contributed by atoms with Crippen molar-refractivity contribution in [3.63, 3.8) is 0 Å². The summed E-state index contributed by atoms with van der Waals surface area (Å²) in [5.41, 5.74) is 1.31. The summed E-state index contributed by atoms with van der Waals surface area (Å²) < 4.78 is 5.47. The van der Waals surface area contributed by atoms with Crippen molar-refractivity contribution in [3.05, 3.63) is 48.0 Å². The van der Waals surface area contributed by atoms with Crippen LogP contribution in [0.4, 0.5) is 0 Å². The summed E-state index contributed by atoms with van der Waals surface area (Å²) in [6.07, 6.45) is 1.51. The number of hydrogen-bond acceptors (Lipinski definition) is 1. The third-order valence-electron chi connectivity index (χ3n) is 2.84. The molecule has 0 amide bonds. The molecule has 1 fully saturated rings. The molecule has 0 saturated carbocycles. The van der Waals surface area contributed by atoms with Gasteiger partial charge in [0.15, 0.2) is 0 Å². The Balaban J connectivity index is 2.10. The van der Waals surface area contributed by atoms with Crippen LogP contribution in [0, 0.1) is 0 Å². The van der Waals surface area contributed by atoms with Gasteiger partial charge in [0.1, 0.15) is 0 Å². The molecule has 1 heterocycles. The Morgan fingerprint density at radius 2 is 1.79 bits per heavy atom. The molecular formula is C13H12O. The van der Waals surface area contributed by atoms with Gasteiger partial charge in [0.05, 0.1) is 12.7 Å². The van der Waals surface area contributed by atoms with Gasteiger partial charge in [0.25, 0.3) is 0 Å². The highest BCUT2D eigenvalue weighted by Gasteiger charge is 2.19. The fourth-order valence-electron chi connectivity index (χ4n) is 1.91. The molecule has 1 unspecified atom stereocenters. The Bertz CT molecular complexity index is 457. The molecule has 1 atom stereocenters. The normalized spacial score (nSPS) is 20.7. The zero-order chi connectivity index (χ0) is 9.38. The maximum Gasteiger partial charge on any atom is 0.0847 e. The molecule has 2 aromatic carbocycles. The summed E-state index contributed by atoms with van der Waals surface area (Å²) >= 11 is 0. The van der Waals surface area contributed by atoms with Crippen molar-refractivity contribution >= 4 is 10.8 Å². The summed E-state index contributed by atoms with van der Waals surface area (Å²) in [4.78, 5) is 0. The monoisotopic (exact) mass is 184 g/mol. The molecule has 1 saturated heterocycles. The Morgan fingerprint density at radius 1 is 1.00 bits per heavy atom. The van der Waals surface area contributed by atoms with Crippen molar-refractivity contribution in [2.24, 2.45) is 0 Å². The summed E-state index contributed by atoms with van der Waals surface area (Å²) in [6.45, 7) is 0.914. The van der Waals surface area contributed by atoms with Crippen molar-refractivity contribution in [1.29, 1.82) is 0 Å². The smallest absolute Gasteiger partial charge is 0.0847 e. The minimum atomic E-state index is 0.347. The van der Waals surface area contributed by atoms with E-state index in [0.717, 1.165) is 6.61 Å². The van der Waals surface area contributed by atoms with Gasteiger partial charge in [-0.2, -0.15) is 0 Å². The van der Waals surface area contributed by atoms with Crippen LogP contribution >= 0.6 is 0 Å². The van der Waals surface area contributed by atoms with Gasteiger partial charge in [-0.25, -0.2) is 0 Å². The van der Waals surface area contributed by atoms with E-state index in [0.29, 0.717) is 6.10 Å². The molecule has 14 heavy (non-hydrogen) atoms. The first-order valence-corrected chi connectivity index (χ1v) is 5.04. The second-order valence-electron chi connectivity index (χ2n) is 3.75. The summed E-state index contributed by atoms with van der Waals surface area (Å²) in [7, 11) is 0. The quantitative estimate of drug-likeness (QED) is 0.660. The zero-order valence-electron chi connectivity index (χ0n) is 7.94. The summed E-state index contributed by atoms with van der Waals surface area (Å²) in [5, 5.41) is 2.61. The predicted molar refractivity (Wildman–Crippen MR) is 57.3 cm³/mol. The van der Waals surface area contributed by atoms with Crippen molar-refractivity contribution < 1.29 is 4.74 Å². The minimum Gasteiger partial charge on any atom is -0.373 e. The van der Waals surface area contributed by atoms with Crippen LogP contribution in [0.5, 0.6) is 0 Å². The average Bonchev–Trinajstić information content (AvgIpc) is 2.15. The van der Waals surface area contributed by atoms with Gasteiger partial charge in [-0.05, 0) is 22.4 Å². The van der Waals surface area contributed by atoms with Crippen LogP contribution in [0.3, 0.4) is 0 Å². The Kier molecular flexibility index (Phi) is 1.78. The zero-order valence-corrected chi connectivity index (χ0v) is 7.94. The van der Waals surface area contributed by atoms with Gasteiger partial charge < -0.3 is 4.74 Å². The van der Waals surface area contributed by atoms with Crippen molar-refractivity contribution in [2.75, 3.05) is 6.61 Å². The van der Waals surface area contributed by atoms with Crippen LogP contribution in [0.25, 0.3) is 10.8 Å². The number of fused-ring (bicyclic) bond motifs is 1. The molecule has 2 aromatic rings. The molecule has 1 aliphatic rings. The number of rotatable bonds is 1. The Morgan fingerprint density at radius 3 is 2.50 bits per heavy atom. The van der Waals surface area contributed by atoms with Crippen molar-refractivity contribution in [1.82, 2.24) is 0 Å². The van der Waals surface area contributed by atoms with Gasteiger partial charge in [-0.15, -0.1) is 0 Å². The first kappa shape index (κ1) is 8.01. The predicted octanol–water partition coefficient (Wildman–Crippen LogP) is 3.30. The SMILES string of the molecule is c1ccc2cc(C3CCO3)ccc2c1. The van der Waals surface area contributed by atoms with E-state index in [9.17, 15) is 0 Å². The number of benzene rings is 2. The number of ether oxygens (including phenoxy) is 1. The molecule has 0 N–H and O–H groups in total.